The Labute approximate surface area is 165 Å². The smallest absolute Gasteiger partial charge is 0.276 e. The van der Waals surface area contributed by atoms with Crippen molar-refractivity contribution in [3.8, 4) is 0 Å². The third-order valence-corrected chi connectivity index (χ3v) is 5.93. The molecule has 0 spiro atoms. The number of benzene rings is 1. The van der Waals surface area contributed by atoms with E-state index in [2.05, 4.69) is 27.5 Å². The van der Waals surface area contributed by atoms with Gasteiger partial charge in [-0.05, 0) is 18.4 Å². The molecule has 28 heavy (non-hydrogen) atoms. The summed E-state index contributed by atoms with van der Waals surface area (Å²) in [6.07, 6.45) is -0.289. The minimum atomic E-state index is -2.71. The number of nitrogens with one attached hydrogen (secondary N) is 1. The lowest BCUT2D eigenvalue weighted by Gasteiger charge is -2.33. The molecule has 1 aromatic carbocycles. The van der Waals surface area contributed by atoms with E-state index in [9.17, 15) is 8.78 Å². The number of alkyl halides is 2. The van der Waals surface area contributed by atoms with Crippen LogP contribution in [0.5, 0.6) is 0 Å². The molecule has 1 N–H and O–H groups in total. The number of likely N-dealkylation sites (tertiary alicyclic amines) is 1. The van der Waals surface area contributed by atoms with Crippen molar-refractivity contribution in [2.45, 2.75) is 56.9 Å². The number of hydrogen-bond donors (Lipinski definition) is 1. The molecule has 2 fully saturated rings. The topological polar surface area (TPSA) is 37.0 Å². The molecule has 0 amide bonds. The minimum absolute atomic E-state index is 0.149. The Kier molecular flexibility index (Phi) is 5.58. The van der Waals surface area contributed by atoms with E-state index in [1.54, 1.807) is 14.0 Å². The predicted octanol–water partition coefficient (Wildman–Crippen LogP) is 3.14. The first-order valence-corrected chi connectivity index (χ1v) is 10.1. The summed E-state index contributed by atoms with van der Waals surface area (Å²) >= 11 is 0. The lowest BCUT2D eigenvalue weighted by molar-refractivity contribution is -0.0772. The van der Waals surface area contributed by atoms with Crippen LogP contribution in [0.4, 0.5) is 8.78 Å². The molecular weight excluding hydrogens is 364 g/mol. The molecule has 3 aliphatic heterocycles. The van der Waals surface area contributed by atoms with Gasteiger partial charge in [-0.1, -0.05) is 37.3 Å². The summed E-state index contributed by atoms with van der Waals surface area (Å²) in [5.74, 6) is -1.81. The second kappa shape index (κ2) is 7.97. The van der Waals surface area contributed by atoms with Gasteiger partial charge in [0.05, 0.1) is 25.8 Å². The molecule has 0 bridgehead atoms. The van der Waals surface area contributed by atoms with E-state index in [-0.39, 0.29) is 12.5 Å². The fraction of sp³-hybridized carbons (Fsp3) is 0.619. The lowest BCUT2D eigenvalue weighted by Crippen LogP contribution is -2.49. The van der Waals surface area contributed by atoms with Crippen LogP contribution in [0.25, 0.3) is 0 Å². The summed E-state index contributed by atoms with van der Waals surface area (Å²) in [7, 11) is 1.70. The summed E-state index contributed by atoms with van der Waals surface area (Å²) in [5.41, 5.74) is 6.00. The van der Waals surface area contributed by atoms with Crippen LogP contribution >= 0.6 is 0 Å². The first kappa shape index (κ1) is 19.6. The highest BCUT2D eigenvalue weighted by atomic mass is 19.3. The van der Waals surface area contributed by atoms with Gasteiger partial charge in [0.1, 0.15) is 6.10 Å². The molecule has 4 rings (SSSR count). The van der Waals surface area contributed by atoms with Crippen molar-refractivity contribution in [1.29, 1.82) is 0 Å². The Balaban J connectivity index is 1.38. The normalized spacial score (nSPS) is 30.0. The fourth-order valence-electron chi connectivity index (χ4n) is 4.60. The van der Waals surface area contributed by atoms with E-state index >= 15 is 0 Å². The van der Waals surface area contributed by atoms with E-state index in [4.69, 9.17) is 9.47 Å². The standard InChI is InChI=1S/C21H29F2N3O2/c1-3-19-21(22,23)11-16(28-19)13-25-10-9-17-18(14-25)24-26(20(17)27-2)12-15-7-5-4-6-8-15/h4-8,16,18-19,24H,3,9-14H2,1-2H3. The lowest BCUT2D eigenvalue weighted by atomic mass is 9.99. The number of halogens is 2. The van der Waals surface area contributed by atoms with E-state index in [1.165, 1.54) is 11.1 Å². The summed E-state index contributed by atoms with van der Waals surface area (Å²) in [5, 5.41) is 2.06. The SMILES string of the molecule is CCC1OC(CN2CCC3=C(OC)N(Cc4ccccc4)NC3C2)CC1(F)F. The molecule has 0 aliphatic carbocycles. The molecule has 154 valence electrons. The van der Waals surface area contributed by atoms with Gasteiger partial charge in [-0.3, -0.25) is 9.91 Å². The maximum absolute atomic E-state index is 14.0. The number of fused-ring (bicyclic) bond motifs is 1. The highest BCUT2D eigenvalue weighted by Gasteiger charge is 2.49. The number of hydrazine groups is 1. The second-order valence-electron chi connectivity index (χ2n) is 7.92. The number of nitrogens with zero attached hydrogens (tertiary/aromatic N) is 2. The Morgan fingerprint density at radius 1 is 1.29 bits per heavy atom. The van der Waals surface area contributed by atoms with Gasteiger partial charge in [-0.15, -0.1) is 0 Å². The van der Waals surface area contributed by atoms with E-state index in [0.717, 1.165) is 31.9 Å². The predicted molar refractivity (Wildman–Crippen MR) is 103 cm³/mol. The third-order valence-electron chi connectivity index (χ3n) is 5.93. The Bertz CT molecular complexity index is 713. The van der Waals surface area contributed by atoms with Crippen molar-refractivity contribution in [2.24, 2.45) is 0 Å². The Morgan fingerprint density at radius 3 is 2.75 bits per heavy atom. The van der Waals surface area contributed by atoms with Crippen molar-refractivity contribution in [1.82, 2.24) is 15.3 Å². The average molecular weight is 393 g/mol. The van der Waals surface area contributed by atoms with Crippen LogP contribution in [-0.2, 0) is 16.0 Å². The summed E-state index contributed by atoms with van der Waals surface area (Å²) in [4.78, 5) is 2.24. The fourth-order valence-corrected chi connectivity index (χ4v) is 4.60. The highest BCUT2D eigenvalue weighted by molar-refractivity contribution is 5.25. The second-order valence-corrected chi connectivity index (χ2v) is 7.92. The highest BCUT2D eigenvalue weighted by Crippen LogP contribution is 2.38. The van der Waals surface area contributed by atoms with E-state index in [1.807, 2.05) is 18.2 Å². The maximum atomic E-state index is 14.0. The van der Waals surface area contributed by atoms with Gasteiger partial charge in [-0.25, -0.2) is 14.2 Å². The zero-order valence-corrected chi connectivity index (χ0v) is 16.5. The molecule has 0 saturated carbocycles. The van der Waals surface area contributed by atoms with E-state index in [0.29, 0.717) is 13.0 Å². The van der Waals surface area contributed by atoms with Gasteiger partial charge in [-0.2, -0.15) is 0 Å². The van der Waals surface area contributed by atoms with Crippen LogP contribution < -0.4 is 5.43 Å². The van der Waals surface area contributed by atoms with Crippen LogP contribution in [0, 0.1) is 0 Å². The average Bonchev–Trinajstić information content (AvgIpc) is 3.17. The van der Waals surface area contributed by atoms with Gasteiger partial charge >= 0.3 is 0 Å². The quantitative estimate of drug-likeness (QED) is 0.804. The van der Waals surface area contributed by atoms with Crippen molar-refractivity contribution in [2.75, 3.05) is 26.7 Å². The molecule has 0 radical (unpaired) electrons. The van der Waals surface area contributed by atoms with Crippen molar-refractivity contribution < 1.29 is 18.3 Å². The summed E-state index contributed by atoms with van der Waals surface area (Å²) in [6, 6.07) is 10.4. The molecule has 3 aliphatic rings. The molecule has 3 atom stereocenters. The van der Waals surface area contributed by atoms with Crippen LogP contribution in [0.3, 0.4) is 0 Å². The number of methoxy groups -OCH3 is 1. The maximum Gasteiger partial charge on any atom is 0.276 e. The zero-order valence-electron chi connectivity index (χ0n) is 16.5. The largest absolute Gasteiger partial charge is 0.481 e. The number of rotatable bonds is 6. The zero-order chi connectivity index (χ0) is 19.7. The minimum Gasteiger partial charge on any atom is -0.481 e. The molecule has 5 nitrogen and oxygen atoms in total. The van der Waals surface area contributed by atoms with Crippen LogP contribution in [0.2, 0.25) is 0 Å². The number of piperidine rings is 1. The molecule has 3 heterocycles. The van der Waals surface area contributed by atoms with Gasteiger partial charge in [0, 0.05) is 31.6 Å². The number of hydrogen-bond acceptors (Lipinski definition) is 5. The molecule has 7 heteroatoms. The third kappa shape index (κ3) is 3.88. The van der Waals surface area contributed by atoms with Gasteiger partial charge < -0.3 is 9.47 Å². The first-order valence-electron chi connectivity index (χ1n) is 10.1. The summed E-state index contributed by atoms with van der Waals surface area (Å²) in [6.45, 7) is 4.64. The van der Waals surface area contributed by atoms with Crippen LogP contribution in [0.15, 0.2) is 41.8 Å². The summed E-state index contributed by atoms with van der Waals surface area (Å²) < 4.78 is 39.3. The van der Waals surface area contributed by atoms with Crippen LogP contribution in [-0.4, -0.2) is 60.8 Å². The Hall–Kier alpha value is -1.70. The van der Waals surface area contributed by atoms with Crippen molar-refractivity contribution >= 4 is 0 Å². The monoisotopic (exact) mass is 393 g/mol. The molecule has 1 aromatic rings. The first-order chi connectivity index (χ1) is 13.5. The van der Waals surface area contributed by atoms with Gasteiger partial charge in [0.15, 0.2) is 0 Å². The molecule has 3 unspecified atom stereocenters. The number of ether oxygens (including phenoxy) is 2. The van der Waals surface area contributed by atoms with Gasteiger partial charge in [0.25, 0.3) is 5.92 Å². The molecular formula is C21H29F2N3O2. The molecule has 0 aromatic heterocycles. The Morgan fingerprint density at radius 2 is 2.07 bits per heavy atom. The van der Waals surface area contributed by atoms with Crippen molar-refractivity contribution in [3.05, 3.63) is 47.4 Å². The van der Waals surface area contributed by atoms with Crippen molar-refractivity contribution in [3.63, 3.8) is 0 Å². The van der Waals surface area contributed by atoms with Crippen LogP contribution in [0.1, 0.15) is 31.7 Å². The van der Waals surface area contributed by atoms with E-state index < -0.39 is 18.1 Å². The molecule has 2 saturated heterocycles. The van der Waals surface area contributed by atoms with Gasteiger partial charge in [0.2, 0.25) is 5.88 Å².